The number of carbonyl (C=O) groups is 1. The summed E-state index contributed by atoms with van der Waals surface area (Å²) in [5, 5.41) is 0. The maximum absolute atomic E-state index is 9.74. The molecule has 0 aromatic carbocycles. The highest BCUT2D eigenvalue weighted by Gasteiger charge is 1.81. The third-order valence-corrected chi connectivity index (χ3v) is 0.287. The van der Waals surface area contributed by atoms with Crippen molar-refractivity contribution in [3.63, 3.8) is 0 Å². The molecule has 0 atom stereocenters. The lowest BCUT2D eigenvalue weighted by Gasteiger charge is -1.89. The summed E-state index contributed by atoms with van der Waals surface area (Å²) in [4.78, 5) is 9.74. The van der Waals surface area contributed by atoms with Crippen molar-refractivity contribution in [2.45, 2.75) is 6.92 Å². The van der Waals surface area contributed by atoms with Gasteiger partial charge in [0.2, 0.25) is 0 Å². The van der Waals surface area contributed by atoms with Crippen molar-refractivity contribution in [2.24, 2.45) is 0 Å². The Labute approximate surface area is 37.1 Å². The minimum absolute atomic E-state index is 0.0185. The zero-order chi connectivity index (χ0) is 4.99. The van der Waals surface area contributed by atoms with Crippen LogP contribution in [0.2, 0.25) is 0 Å². The van der Waals surface area contributed by atoms with Gasteiger partial charge in [0, 0.05) is 13.8 Å². The van der Waals surface area contributed by atoms with Crippen LogP contribution in [0.3, 0.4) is 0 Å². The van der Waals surface area contributed by atoms with Crippen LogP contribution in [0.5, 0.6) is 0 Å². The standard InChI is InChI=1S/C4H6O2/c1-3-6-4(2)5/h1H,3H2,2H3. The molecule has 0 saturated carbocycles. The van der Waals surface area contributed by atoms with Gasteiger partial charge in [0.1, 0.15) is 0 Å². The predicted octanol–water partition coefficient (Wildman–Crippen LogP) is 0.261. The van der Waals surface area contributed by atoms with E-state index in [1.54, 1.807) is 0 Å². The SMILES string of the molecule is [CH]COC(C)=O. The maximum atomic E-state index is 9.74. The van der Waals surface area contributed by atoms with Crippen molar-refractivity contribution in [3.05, 3.63) is 6.92 Å². The summed E-state index contributed by atoms with van der Waals surface area (Å²) in [7, 11) is 0. The Balaban J connectivity index is 2.83. The average Bonchev–Trinajstić information content (AvgIpc) is 1.35. The second-order valence-corrected chi connectivity index (χ2v) is 0.803. The number of rotatable bonds is 1. The molecule has 0 aliphatic carbocycles. The molecule has 0 saturated heterocycles. The van der Waals surface area contributed by atoms with Gasteiger partial charge >= 0.3 is 5.97 Å². The minimum Gasteiger partial charge on any atom is -0.466 e. The Bertz CT molecular complexity index is 49.5. The summed E-state index contributed by atoms with van der Waals surface area (Å²) in [6, 6.07) is 0. The summed E-state index contributed by atoms with van der Waals surface area (Å²) in [6.07, 6.45) is 0. The molecule has 0 aromatic rings. The van der Waals surface area contributed by atoms with Gasteiger partial charge in [-0.05, 0) is 0 Å². The Hall–Kier alpha value is -0.530. The molecule has 0 aliphatic rings. The van der Waals surface area contributed by atoms with Crippen LogP contribution in [0, 0.1) is 6.92 Å². The molecule has 2 radical (unpaired) electrons. The lowest BCUT2D eigenvalue weighted by atomic mass is 10.8. The van der Waals surface area contributed by atoms with E-state index in [4.69, 9.17) is 6.92 Å². The van der Waals surface area contributed by atoms with Gasteiger partial charge in [-0.3, -0.25) is 4.79 Å². The summed E-state index contributed by atoms with van der Waals surface area (Å²) < 4.78 is 4.18. The monoisotopic (exact) mass is 86.0 g/mol. The molecule has 0 aromatic heterocycles. The third kappa shape index (κ3) is 3.47. The molecule has 2 nitrogen and oxygen atoms in total. The van der Waals surface area contributed by atoms with E-state index in [0.29, 0.717) is 0 Å². The highest BCUT2D eigenvalue weighted by Crippen LogP contribution is 1.69. The Kier molecular flexibility index (Phi) is 2.46. The van der Waals surface area contributed by atoms with E-state index in [-0.39, 0.29) is 12.6 Å². The molecule has 0 aliphatic heterocycles. The summed E-state index contributed by atoms with van der Waals surface area (Å²) in [6.45, 7) is 6.08. The van der Waals surface area contributed by atoms with Crippen molar-refractivity contribution >= 4 is 5.97 Å². The van der Waals surface area contributed by atoms with E-state index in [0.717, 1.165) is 0 Å². The molecule has 0 fully saturated rings. The molecule has 34 valence electrons. The number of carbonyl (C=O) groups excluding carboxylic acids is 1. The molecular formula is C4H6O2. The van der Waals surface area contributed by atoms with Crippen LogP contribution >= 0.6 is 0 Å². The smallest absolute Gasteiger partial charge is 0.302 e. The Morgan fingerprint density at radius 1 is 2.00 bits per heavy atom. The maximum Gasteiger partial charge on any atom is 0.302 e. The Morgan fingerprint density at radius 2 is 2.50 bits per heavy atom. The second-order valence-electron chi connectivity index (χ2n) is 0.803. The van der Waals surface area contributed by atoms with E-state index in [1.807, 2.05) is 0 Å². The molecule has 0 bridgehead atoms. The van der Waals surface area contributed by atoms with Gasteiger partial charge in [0.05, 0.1) is 6.61 Å². The normalized spacial score (nSPS) is 7.67. The van der Waals surface area contributed by atoms with E-state index < -0.39 is 0 Å². The molecule has 0 rings (SSSR count). The van der Waals surface area contributed by atoms with Crippen molar-refractivity contribution in [1.82, 2.24) is 0 Å². The fourth-order valence-corrected chi connectivity index (χ4v) is 0.117. The van der Waals surface area contributed by atoms with Crippen LogP contribution in [0.4, 0.5) is 0 Å². The first-order valence-electron chi connectivity index (χ1n) is 1.61. The van der Waals surface area contributed by atoms with Crippen LogP contribution in [-0.2, 0) is 9.53 Å². The average molecular weight is 86.1 g/mol. The van der Waals surface area contributed by atoms with E-state index in [9.17, 15) is 4.79 Å². The zero-order valence-corrected chi connectivity index (χ0v) is 3.60. The third-order valence-electron chi connectivity index (χ3n) is 0.287. The summed E-state index contributed by atoms with van der Waals surface area (Å²) >= 11 is 0. The number of hydrogen-bond donors (Lipinski definition) is 0. The van der Waals surface area contributed by atoms with Crippen LogP contribution in [0.1, 0.15) is 6.92 Å². The number of hydrogen-bond acceptors (Lipinski definition) is 2. The summed E-state index contributed by atoms with van der Waals surface area (Å²) in [5.74, 6) is -0.336. The minimum atomic E-state index is -0.336. The number of ether oxygens (including phenoxy) is 1. The van der Waals surface area contributed by atoms with Crippen LogP contribution in [-0.4, -0.2) is 12.6 Å². The topological polar surface area (TPSA) is 26.3 Å². The van der Waals surface area contributed by atoms with Gasteiger partial charge < -0.3 is 4.74 Å². The van der Waals surface area contributed by atoms with Gasteiger partial charge in [-0.1, -0.05) is 0 Å². The van der Waals surface area contributed by atoms with Crippen LogP contribution in [0.15, 0.2) is 0 Å². The zero-order valence-electron chi connectivity index (χ0n) is 3.60. The fourth-order valence-electron chi connectivity index (χ4n) is 0.117. The molecular weight excluding hydrogens is 80.0 g/mol. The van der Waals surface area contributed by atoms with E-state index in [2.05, 4.69) is 4.74 Å². The predicted molar refractivity (Wildman–Crippen MR) is 20.9 cm³/mol. The quantitative estimate of drug-likeness (QED) is 0.428. The van der Waals surface area contributed by atoms with Crippen molar-refractivity contribution in [2.75, 3.05) is 6.61 Å². The highest BCUT2D eigenvalue weighted by molar-refractivity contribution is 5.65. The van der Waals surface area contributed by atoms with Gasteiger partial charge in [0.25, 0.3) is 0 Å². The van der Waals surface area contributed by atoms with Crippen molar-refractivity contribution < 1.29 is 9.53 Å². The van der Waals surface area contributed by atoms with E-state index >= 15 is 0 Å². The second kappa shape index (κ2) is 2.69. The molecule has 0 N–H and O–H groups in total. The molecule has 6 heavy (non-hydrogen) atoms. The molecule has 0 amide bonds. The Morgan fingerprint density at radius 3 is 2.50 bits per heavy atom. The largest absolute Gasteiger partial charge is 0.466 e. The van der Waals surface area contributed by atoms with Gasteiger partial charge in [0.15, 0.2) is 0 Å². The first-order chi connectivity index (χ1) is 2.77. The number of esters is 1. The first-order valence-corrected chi connectivity index (χ1v) is 1.61. The molecule has 0 unspecified atom stereocenters. The fraction of sp³-hybridized carbons (Fsp3) is 0.500. The van der Waals surface area contributed by atoms with Gasteiger partial charge in [-0.2, -0.15) is 0 Å². The van der Waals surface area contributed by atoms with Gasteiger partial charge in [-0.15, -0.1) is 0 Å². The van der Waals surface area contributed by atoms with Crippen molar-refractivity contribution in [1.29, 1.82) is 0 Å². The molecule has 0 spiro atoms. The first kappa shape index (κ1) is 5.47. The molecule has 0 heterocycles. The van der Waals surface area contributed by atoms with Crippen LogP contribution in [0.25, 0.3) is 0 Å². The highest BCUT2D eigenvalue weighted by atomic mass is 16.5. The van der Waals surface area contributed by atoms with Crippen LogP contribution < -0.4 is 0 Å². The summed E-state index contributed by atoms with van der Waals surface area (Å²) in [5.41, 5.74) is 0. The lowest BCUT2D eigenvalue weighted by molar-refractivity contribution is -0.139. The van der Waals surface area contributed by atoms with Crippen molar-refractivity contribution in [3.8, 4) is 0 Å². The van der Waals surface area contributed by atoms with Gasteiger partial charge in [-0.25, -0.2) is 0 Å². The van der Waals surface area contributed by atoms with E-state index in [1.165, 1.54) is 6.92 Å². The molecule has 2 heteroatoms. The lowest BCUT2D eigenvalue weighted by Crippen LogP contribution is -1.95.